The van der Waals surface area contributed by atoms with Gasteiger partial charge in [0.15, 0.2) is 0 Å². The Kier molecular flexibility index (Phi) is 4.23. The minimum absolute atomic E-state index is 0.0129. The molecule has 1 rings (SSSR count). The van der Waals surface area contributed by atoms with Gasteiger partial charge in [0.2, 0.25) is 0 Å². The van der Waals surface area contributed by atoms with Crippen LogP contribution in [0.2, 0.25) is 0 Å². The Bertz CT molecular complexity index is 220. The van der Waals surface area contributed by atoms with Gasteiger partial charge in [-0.05, 0) is 5.41 Å². The molecule has 0 amide bonds. The lowest BCUT2D eigenvalue weighted by molar-refractivity contribution is -0.141. The molecule has 1 N–H and O–H groups in total. The summed E-state index contributed by atoms with van der Waals surface area (Å²) in [5.74, 6) is 0. The first kappa shape index (κ1) is 13.8. The van der Waals surface area contributed by atoms with Crippen LogP contribution in [0.4, 0.5) is 13.2 Å². The Morgan fingerprint density at radius 3 is 2.38 bits per heavy atom. The van der Waals surface area contributed by atoms with E-state index in [0.717, 1.165) is 13.1 Å². The normalized spacial score (nSPS) is 24.8. The molecule has 0 aromatic heterocycles. The van der Waals surface area contributed by atoms with Crippen molar-refractivity contribution < 1.29 is 13.2 Å². The molecule has 0 spiro atoms. The fraction of sp³-hybridized carbons (Fsp3) is 1.00. The number of nitrogens with one attached hydrogen (secondary N) is 1. The topological polar surface area (TPSA) is 15.3 Å². The molecule has 1 atom stereocenters. The number of hydrogen-bond donors (Lipinski definition) is 1. The third-order valence-electron chi connectivity index (χ3n) is 3.04. The molecule has 0 radical (unpaired) electrons. The zero-order valence-corrected chi connectivity index (χ0v) is 10.2. The molecule has 0 saturated carbocycles. The Labute approximate surface area is 95.2 Å². The van der Waals surface area contributed by atoms with Crippen LogP contribution < -0.4 is 5.32 Å². The predicted molar refractivity (Wildman–Crippen MR) is 58.4 cm³/mol. The van der Waals surface area contributed by atoms with Gasteiger partial charge in [-0.1, -0.05) is 20.8 Å². The Hall–Kier alpha value is -0.290. The van der Waals surface area contributed by atoms with Crippen molar-refractivity contribution in [3.05, 3.63) is 0 Å². The SMILES string of the molecule is CC(C)(C)C1CNCCN1CCC(F)(F)F. The molecule has 0 aromatic carbocycles. The van der Waals surface area contributed by atoms with Crippen LogP contribution in [-0.2, 0) is 0 Å². The average molecular weight is 238 g/mol. The zero-order chi connectivity index (χ0) is 12.4. The van der Waals surface area contributed by atoms with Crippen LogP contribution in [0, 0.1) is 5.41 Å². The van der Waals surface area contributed by atoms with Crippen molar-refractivity contribution in [2.75, 3.05) is 26.2 Å². The molecular weight excluding hydrogens is 217 g/mol. The van der Waals surface area contributed by atoms with E-state index < -0.39 is 12.6 Å². The standard InChI is InChI=1S/C11H21F3N2/c1-10(2,3)9-8-15-5-7-16(9)6-4-11(12,13)14/h9,15H,4-8H2,1-3H3. The molecule has 1 aliphatic heterocycles. The van der Waals surface area contributed by atoms with Gasteiger partial charge in [0.25, 0.3) is 0 Å². The van der Waals surface area contributed by atoms with Crippen LogP contribution in [0.15, 0.2) is 0 Å². The largest absolute Gasteiger partial charge is 0.390 e. The second-order valence-electron chi connectivity index (χ2n) is 5.49. The van der Waals surface area contributed by atoms with Gasteiger partial charge in [0.1, 0.15) is 0 Å². The number of alkyl halides is 3. The van der Waals surface area contributed by atoms with Crippen molar-refractivity contribution in [1.82, 2.24) is 10.2 Å². The highest BCUT2D eigenvalue weighted by atomic mass is 19.4. The molecule has 2 nitrogen and oxygen atoms in total. The third-order valence-corrected chi connectivity index (χ3v) is 3.04. The van der Waals surface area contributed by atoms with Crippen molar-refractivity contribution in [3.8, 4) is 0 Å². The fourth-order valence-corrected chi connectivity index (χ4v) is 2.14. The summed E-state index contributed by atoms with van der Waals surface area (Å²) in [5.41, 5.74) is 0.0129. The van der Waals surface area contributed by atoms with Crippen LogP contribution in [0.25, 0.3) is 0 Å². The van der Waals surface area contributed by atoms with E-state index in [1.165, 1.54) is 0 Å². The van der Waals surface area contributed by atoms with E-state index in [4.69, 9.17) is 0 Å². The number of hydrogen-bond acceptors (Lipinski definition) is 2. The van der Waals surface area contributed by atoms with Gasteiger partial charge >= 0.3 is 6.18 Å². The molecule has 0 aliphatic carbocycles. The van der Waals surface area contributed by atoms with E-state index in [9.17, 15) is 13.2 Å². The van der Waals surface area contributed by atoms with Gasteiger partial charge in [-0.25, -0.2) is 0 Å². The number of halogens is 3. The Morgan fingerprint density at radius 1 is 1.25 bits per heavy atom. The molecule has 0 bridgehead atoms. The first-order valence-electron chi connectivity index (χ1n) is 5.72. The first-order valence-corrected chi connectivity index (χ1v) is 5.72. The highest BCUT2D eigenvalue weighted by Gasteiger charge is 2.35. The number of rotatable bonds is 2. The van der Waals surface area contributed by atoms with Crippen molar-refractivity contribution in [2.45, 2.75) is 39.4 Å². The van der Waals surface area contributed by atoms with Crippen LogP contribution in [0.1, 0.15) is 27.2 Å². The lowest BCUT2D eigenvalue weighted by atomic mass is 9.84. The lowest BCUT2D eigenvalue weighted by Gasteiger charge is -2.43. The van der Waals surface area contributed by atoms with Gasteiger partial charge in [-0.15, -0.1) is 0 Å². The molecular formula is C11H21F3N2. The van der Waals surface area contributed by atoms with Crippen LogP contribution in [0.3, 0.4) is 0 Å². The zero-order valence-electron chi connectivity index (χ0n) is 10.2. The maximum absolute atomic E-state index is 12.2. The summed E-state index contributed by atoms with van der Waals surface area (Å²) in [6.45, 7) is 8.61. The third kappa shape index (κ3) is 4.29. The van der Waals surface area contributed by atoms with Crippen LogP contribution in [0.5, 0.6) is 0 Å². The molecule has 5 heteroatoms. The summed E-state index contributed by atoms with van der Waals surface area (Å²) < 4.78 is 36.6. The van der Waals surface area contributed by atoms with E-state index >= 15 is 0 Å². The summed E-state index contributed by atoms with van der Waals surface area (Å²) in [4.78, 5) is 1.96. The predicted octanol–water partition coefficient (Wildman–Crippen LogP) is 2.26. The molecule has 1 aliphatic rings. The van der Waals surface area contributed by atoms with Gasteiger partial charge in [0.05, 0.1) is 6.42 Å². The lowest BCUT2D eigenvalue weighted by Crippen LogP contribution is -2.57. The van der Waals surface area contributed by atoms with E-state index in [0.29, 0.717) is 6.54 Å². The Morgan fingerprint density at radius 2 is 1.88 bits per heavy atom. The summed E-state index contributed by atoms with van der Waals surface area (Å²) >= 11 is 0. The molecule has 1 saturated heterocycles. The van der Waals surface area contributed by atoms with E-state index in [1.54, 1.807) is 0 Å². The average Bonchev–Trinajstić information content (AvgIpc) is 2.12. The van der Waals surface area contributed by atoms with E-state index in [1.807, 2.05) is 4.90 Å². The monoisotopic (exact) mass is 238 g/mol. The van der Waals surface area contributed by atoms with Crippen LogP contribution >= 0.6 is 0 Å². The minimum Gasteiger partial charge on any atom is -0.314 e. The summed E-state index contributed by atoms with van der Waals surface area (Å²) in [6, 6.07) is 0.184. The molecule has 16 heavy (non-hydrogen) atoms. The molecule has 0 aromatic rings. The number of nitrogens with zero attached hydrogens (tertiary/aromatic N) is 1. The molecule has 96 valence electrons. The first-order chi connectivity index (χ1) is 7.20. The smallest absolute Gasteiger partial charge is 0.314 e. The quantitative estimate of drug-likeness (QED) is 0.794. The highest BCUT2D eigenvalue weighted by Crippen LogP contribution is 2.27. The molecule has 1 unspecified atom stereocenters. The maximum Gasteiger partial charge on any atom is 0.390 e. The van der Waals surface area contributed by atoms with Gasteiger partial charge < -0.3 is 5.32 Å². The van der Waals surface area contributed by atoms with Crippen molar-refractivity contribution in [2.24, 2.45) is 5.41 Å². The Balaban J connectivity index is 2.54. The highest BCUT2D eigenvalue weighted by molar-refractivity contribution is 4.88. The van der Waals surface area contributed by atoms with Gasteiger partial charge in [0, 0.05) is 32.2 Å². The second kappa shape index (κ2) is 4.92. The van der Waals surface area contributed by atoms with Gasteiger partial charge in [-0.3, -0.25) is 4.90 Å². The maximum atomic E-state index is 12.2. The van der Waals surface area contributed by atoms with Gasteiger partial charge in [-0.2, -0.15) is 13.2 Å². The second-order valence-corrected chi connectivity index (χ2v) is 5.49. The van der Waals surface area contributed by atoms with Crippen molar-refractivity contribution in [1.29, 1.82) is 0 Å². The molecule has 1 heterocycles. The van der Waals surface area contributed by atoms with E-state index in [-0.39, 0.29) is 18.0 Å². The minimum atomic E-state index is -4.05. The molecule has 1 fully saturated rings. The van der Waals surface area contributed by atoms with Crippen molar-refractivity contribution >= 4 is 0 Å². The van der Waals surface area contributed by atoms with E-state index in [2.05, 4.69) is 26.1 Å². The summed E-state index contributed by atoms with van der Waals surface area (Å²) in [7, 11) is 0. The number of piperazine rings is 1. The van der Waals surface area contributed by atoms with Crippen LogP contribution in [-0.4, -0.2) is 43.3 Å². The van der Waals surface area contributed by atoms with Crippen molar-refractivity contribution in [3.63, 3.8) is 0 Å². The summed E-state index contributed by atoms with van der Waals surface area (Å²) in [5, 5.41) is 3.25. The summed E-state index contributed by atoms with van der Waals surface area (Å²) in [6.07, 6.45) is -4.76. The fourth-order valence-electron chi connectivity index (χ4n) is 2.14.